The summed E-state index contributed by atoms with van der Waals surface area (Å²) in [5, 5.41) is 3.44. The molecule has 90 valence electrons. The first-order chi connectivity index (χ1) is 8.14. The Morgan fingerprint density at radius 1 is 1.47 bits per heavy atom. The molecule has 3 rings (SSSR count). The topological polar surface area (TPSA) is 41.6 Å². The SMILES string of the molecule is COc1ccc2c(c1)NC1(C)CCCC(=O)N21. The highest BCUT2D eigenvalue weighted by Gasteiger charge is 2.45. The molecule has 1 amide bonds. The minimum Gasteiger partial charge on any atom is -0.497 e. The van der Waals surface area contributed by atoms with Crippen LogP contribution in [0.3, 0.4) is 0 Å². The van der Waals surface area contributed by atoms with Crippen LogP contribution in [0.4, 0.5) is 11.4 Å². The van der Waals surface area contributed by atoms with E-state index < -0.39 is 0 Å². The molecule has 0 aliphatic carbocycles. The van der Waals surface area contributed by atoms with Gasteiger partial charge in [0.2, 0.25) is 5.91 Å². The number of ether oxygens (including phenoxy) is 1. The van der Waals surface area contributed by atoms with Crippen LogP contribution in [0.5, 0.6) is 5.75 Å². The second-order valence-electron chi connectivity index (χ2n) is 4.86. The standard InChI is InChI=1S/C13H16N2O2/c1-13-7-3-4-12(16)15(13)11-6-5-9(17-2)8-10(11)14-13/h5-6,8,14H,3-4,7H2,1-2H3. The van der Waals surface area contributed by atoms with Gasteiger partial charge in [0.25, 0.3) is 0 Å². The second kappa shape index (κ2) is 3.39. The number of hydrogen-bond acceptors (Lipinski definition) is 3. The lowest BCUT2D eigenvalue weighted by molar-refractivity contribution is -0.120. The fourth-order valence-corrected chi connectivity index (χ4v) is 2.83. The number of carbonyl (C=O) groups is 1. The van der Waals surface area contributed by atoms with Gasteiger partial charge < -0.3 is 10.1 Å². The van der Waals surface area contributed by atoms with Gasteiger partial charge in [-0.1, -0.05) is 0 Å². The number of amides is 1. The van der Waals surface area contributed by atoms with E-state index in [9.17, 15) is 4.79 Å². The summed E-state index contributed by atoms with van der Waals surface area (Å²) in [5.41, 5.74) is 1.70. The van der Waals surface area contributed by atoms with Crippen LogP contribution in [0.15, 0.2) is 18.2 Å². The van der Waals surface area contributed by atoms with E-state index in [0.29, 0.717) is 6.42 Å². The molecule has 4 nitrogen and oxygen atoms in total. The van der Waals surface area contributed by atoms with Crippen molar-refractivity contribution >= 4 is 17.3 Å². The average Bonchev–Trinajstić information content (AvgIpc) is 2.60. The summed E-state index contributed by atoms with van der Waals surface area (Å²) in [7, 11) is 1.65. The maximum absolute atomic E-state index is 12.1. The quantitative estimate of drug-likeness (QED) is 0.808. The number of piperidine rings is 1. The van der Waals surface area contributed by atoms with Crippen LogP contribution in [-0.2, 0) is 4.79 Å². The van der Waals surface area contributed by atoms with Crippen LogP contribution in [0.1, 0.15) is 26.2 Å². The van der Waals surface area contributed by atoms with E-state index >= 15 is 0 Å². The number of fused-ring (bicyclic) bond motifs is 3. The van der Waals surface area contributed by atoms with E-state index in [1.165, 1.54) is 0 Å². The van der Waals surface area contributed by atoms with Crippen molar-refractivity contribution in [2.24, 2.45) is 0 Å². The summed E-state index contributed by atoms with van der Waals surface area (Å²) in [5.74, 6) is 1.02. The van der Waals surface area contributed by atoms with Gasteiger partial charge in [0.15, 0.2) is 0 Å². The zero-order valence-electron chi connectivity index (χ0n) is 10.1. The summed E-state index contributed by atoms with van der Waals surface area (Å²) in [4.78, 5) is 13.9. The molecular formula is C13H16N2O2. The van der Waals surface area contributed by atoms with E-state index in [-0.39, 0.29) is 11.6 Å². The van der Waals surface area contributed by atoms with Crippen molar-refractivity contribution in [3.63, 3.8) is 0 Å². The van der Waals surface area contributed by atoms with Crippen LogP contribution in [0.25, 0.3) is 0 Å². The largest absolute Gasteiger partial charge is 0.497 e. The van der Waals surface area contributed by atoms with Crippen molar-refractivity contribution in [1.82, 2.24) is 0 Å². The van der Waals surface area contributed by atoms with Gasteiger partial charge >= 0.3 is 0 Å². The maximum Gasteiger partial charge on any atom is 0.228 e. The van der Waals surface area contributed by atoms with Gasteiger partial charge in [0.05, 0.1) is 18.5 Å². The fourth-order valence-electron chi connectivity index (χ4n) is 2.83. The number of anilines is 2. The number of nitrogens with zero attached hydrogens (tertiary/aromatic N) is 1. The molecule has 2 aliphatic rings. The molecular weight excluding hydrogens is 216 g/mol. The third-order valence-electron chi connectivity index (χ3n) is 3.65. The predicted molar refractivity (Wildman–Crippen MR) is 66.4 cm³/mol. The van der Waals surface area contributed by atoms with E-state index in [1.54, 1.807) is 7.11 Å². The average molecular weight is 232 g/mol. The van der Waals surface area contributed by atoms with Crippen molar-refractivity contribution < 1.29 is 9.53 Å². The molecule has 1 unspecified atom stereocenters. The van der Waals surface area contributed by atoms with Crippen molar-refractivity contribution in [3.05, 3.63) is 18.2 Å². The second-order valence-corrected chi connectivity index (χ2v) is 4.86. The number of nitrogens with one attached hydrogen (secondary N) is 1. The lowest BCUT2D eigenvalue weighted by Gasteiger charge is -2.39. The smallest absolute Gasteiger partial charge is 0.228 e. The molecule has 1 fully saturated rings. The molecule has 0 spiro atoms. The zero-order chi connectivity index (χ0) is 12.0. The maximum atomic E-state index is 12.1. The normalized spacial score (nSPS) is 26.2. The zero-order valence-corrected chi connectivity index (χ0v) is 10.1. The summed E-state index contributed by atoms with van der Waals surface area (Å²) >= 11 is 0. The van der Waals surface area contributed by atoms with Crippen molar-refractivity contribution in [2.45, 2.75) is 31.8 Å². The molecule has 1 N–H and O–H groups in total. The first-order valence-electron chi connectivity index (χ1n) is 5.93. The van der Waals surface area contributed by atoms with Crippen molar-refractivity contribution in [2.75, 3.05) is 17.3 Å². The third-order valence-corrected chi connectivity index (χ3v) is 3.65. The Labute approximate surface area is 101 Å². The molecule has 0 aromatic heterocycles. The van der Waals surface area contributed by atoms with Gasteiger partial charge in [-0.2, -0.15) is 0 Å². The van der Waals surface area contributed by atoms with Crippen LogP contribution in [0, 0.1) is 0 Å². The number of hydrogen-bond donors (Lipinski definition) is 1. The highest BCUT2D eigenvalue weighted by Crippen LogP contribution is 2.45. The Morgan fingerprint density at radius 2 is 2.29 bits per heavy atom. The molecule has 2 aliphatic heterocycles. The summed E-state index contributed by atoms with van der Waals surface area (Å²) in [6.45, 7) is 2.08. The van der Waals surface area contributed by atoms with Crippen molar-refractivity contribution in [3.8, 4) is 5.75 Å². The number of benzene rings is 1. The van der Waals surface area contributed by atoms with E-state index in [0.717, 1.165) is 30.0 Å². The van der Waals surface area contributed by atoms with Crippen LogP contribution < -0.4 is 15.0 Å². The van der Waals surface area contributed by atoms with E-state index in [2.05, 4.69) is 12.2 Å². The molecule has 0 saturated carbocycles. The van der Waals surface area contributed by atoms with Gasteiger partial charge in [-0.15, -0.1) is 0 Å². The summed E-state index contributed by atoms with van der Waals surface area (Å²) < 4.78 is 5.21. The van der Waals surface area contributed by atoms with Gasteiger partial charge in [0.1, 0.15) is 11.4 Å². The van der Waals surface area contributed by atoms with Gasteiger partial charge in [-0.3, -0.25) is 9.69 Å². The summed E-state index contributed by atoms with van der Waals surface area (Å²) in [6, 6.07) is 5.80. The van der Waals surface area contributed by atoms with Gasteiger partial charge in [-0.05, 0) is 31.9 Å². The molecule has 0 bridgehead atoms. The molecule has 0 radical (unpaired) electrons. The van der Waals surface area contributed by atoms with Crippen LogP contribution in [0.2, 0.25) is 0 Å². The number of carbonyl (C=O) groups excluding carboxylic acids is 1. The first kappa shape index (κ1) is 10.4. The molecule has 4 heteroatoms. The van der Waals surface area contributed by atoms with E-state index in [4.69, 9.17) is 4.74 Å². The minimum atomic E-state index is -0.260. The van der Waals surface area contributed by atoms with Crippen molar-refractivity contribution in [1.29, 1.82) is 0 Å². The lowest BCUT2D eigenvalue weighted by atomic mass is 9.97. The van der Waals surface area contributed by atoms with Crippen LogP contribution >= 0.6 is 0 Å². The fraction of sp³-hybridized carbons (Fsp3) is 0.462. The van der Waals surface area contributed by atoms with E-state index in [1.807, 2.05) is 23.1 Å². The third kappa shape index (κ3) is 1.40. The predicted octanol–water partition coefficient (Wildman–Crippen LogP) is 2.35. The van der Waals surface area contributed by atoms with Gasteiger partial charge in [0, 0.05) is 12.5 Å². The highest BCUT2D eigenvalue weighted by atomic mass is 16.5. The molecule has 2 heterocycles. The molecule has 1 aromatic carbocycles. The van der Waals surface area contributed by atoms with Crippen LogP contribution in [-0.4, -0.2) is 18.7 Å². The van der Waals surface area contributed by atoms with Gasteiger partial charge in [-0.25, -0.2) is 0 Å². The Morgan fingerprint density at radius 3 is 3.06 bits per heavy atom. The highest BCUT2D eigenvalue weighted by molar-refractivity contribution is 6.02. The summed E-state index contributed by atoms with van der Waals surface area (Å²) in [6.07, 6.45) is 2.57. The molecule has 1 aromatic rings. The monoisotopic (exact) mass is 232 g/mol. The number of methoxy groups -OCH3 is 1. The molecule has 1 saturated heterocycles. The Kier molecular flexibility index (Phi) is 2.08. The first-order valence-corrected chi connectivity index (χ1v) is 5.93. The minimum absolute atomic E-state index is 0.204. The lowest BCUT2D eigenvalue weighted by Crippen LogP contribution is -2.54. The Balaban J connectivity index is 2.08. The Hall–Kier alpha value is -1.71. The number of rotatable bonds is 1. The molecule has 17 heavy (non-hydrogen) atoms. The molecule has 1 atom stereocenters. The Bertz CT molecular complexity index is 486.